The van der Waals surface area contributed by atoms with Crippen LogP contribution in [0.25, 0.3) is 0 Å². The predicted octanol–water partition coefficient (Wildman–Crippen LogP) is 4.87. The van der Waals surface area contributed by atoms with Crippen molar-refractivity contribution in [3.63, 3.8) is 0 Å². The Morgan fingerprint density at radius 3 is 2.44 bits per heavy atom. The van der Waals surface area contributed by atoms with Gasteiger partial charge in [-0.05, 0) is 56.0 Å². The summed E-state index contributed by atoms with van der Waals surface area (Å²) in [5.41, 5.74) is 4.11. The van der Waals surface area contributed by atoms with E-state index in [2.05, 4.69) is 76.3 Å². The first kappa shape index (κ1) is 21.5. The highest BCUT2D eigenvalue weighted by Gasteiger charge is 2.40. The highest BCUT2D eigenvalue weighted by Crippen LogP contribution is 2.44. The largest absolute Gasteiger partial charge is 0.369 e. The SMILES string of the molecule is CN1c2ccccc2[C@@H]2CCN(CCC(C(=O)N3CCCCCC3)c3ccccc3)C[C@@H]21. The van der Waals surface area contributed by atoms with E-state index in [0.29, 0.717) is 17.9 Å². The summed E-state index contributed by atoms with van der Waals surface area (Å²) in [4.78, 5) is 20.9. The molecular weight excluding hydrogens is 394 g/mol. The minimum atomic E-state index is -0.0227. The summed E-state index contributed by atoms with van der Waals surface area (Å²) >= 11 is 0. The van der Waals surface area contributed by atoms with Crippen LogP contribution in [0.2, 0.25) is 0 Å². The maximum Gasteiger partial charge on any atom is 0.230 e. The molecule has 3 aliphatic heterocycles. The zero-order valence-electron chi connectivity index (χ0n) is 19.5. The molecule has 1 unspecified atom stereocenters. The average molecular weight is 432 g/mol. The van der Waals surface area contributed by atoms with Gasteiger partial charge in [-0.1, -0.05) is 61.4 Å². The number of carbonyl (C=O) groups excluding carboxylic acids is 1. The monoisotopic (exact) mass is 431 g/mol. The molecule has 2 fully saturated rings. The van der Waals surface area contributed by atoms with Gasteiger partial charge in [0.1, 0.15) is 0 Å². The number of para-hydroxylation sites is 1. The fraction of sp³-hybridized carbons (Fsp3) is 0.536. The van der Waals surface area contributed by atoms with Gasteiger partial charge in [0, 0.05) is 44.3 Å². The Labute approximate surface area is 193 Å². The quantitative estimate of drug-likeness (QED) is 0.676. The number of rotatable bonds is 5. The molecule has 170 valence electrons. The number of piperidine rings is 1. The van der Waals surface area contributed by atoms with Crippen LogP contribution < -0.4 is 4.90 Å². The lowest BCUT2D eigenvalue weighted by Crippen LogP contribution is -2.48. The molecular formula is C28H37N3O. The minimum Gasteiger partial charge on any atom is -0.369 e. The van der Waals surface area contributed by atoms with Gasteiger partial charge in [-0.25, -0.2) is 0 Å². The van der Waals surface area contributed by atoms with Crippen molar-refractivity contribution in [1.29, 1.82) is 0 Å². The standard InChI is InChI=1S/C28H37N3O/c1-29-26-14-8-7-13-24(26)25-16-20-30(21-27(25)29)19-15-23(22-11-5-4-6-12-22)28(32)31-17-9-2-3-10-18-31/h4-8,11-14,23,25,27H,2-3,9-10,15-21H2,1H3/t23?,25-,27-/m0/s1. The molecule has 3 heterocycles. The van der Waals surface area contributed by atoms with E-state index in [1.54, 1.807) is 0 Å². The zero-order chi connectivity index (χ0) is 21.9. The second kappa shape index (κ2) is 9.66. The van der Waals surface area contributed by atoms with E-state index in [9.17, 15) is 4.79 Å². The summed E-state index contributed by atoms with van der Waals surface area (Å²) in [5.74, 6) is 0.972. The van der Waals surface area contributed by atoms with Crippen LogP contribution in [0.3, 0.4) is 0 Å². The van der Waals surface area contributed by atoms with E-state index in [4.69, 9.17) is 0 Å². The molecule has 0 spiro atoms. The molecule has 32 heavy (non-hydrogen) atoms. The predicted molar refractivity (Wildman–Crippen MR) is 131 cm³/mol. The fourth-order valence-corrected chi connectivity index (χ4v) is 6.20. The third kappa shape index (κ3) is 4.30. The van der Waals surface area contributed by atoms with Gasteiger partial charge in [0.2, 0.25) is 5.91 Å². The van der Waals surface area contributed by atoms with Crippen LogP contribution in [0.4, 0.5) is 5.69 Å². The van der Waals surface area contributed by atoms with E-state index >= 15 is 0 Å². The molecule has 4 nitrogen and oxygen atoms in total. The lowest BCUT2D eigenvalue weighted by molar-refractivity contribution is -0.133. The number of fused-ring (bicyclic) bond motifs is 3. The molecule has 0 radical (unpaired) electrons. The Kier molecular flexibility index (Phi) is 6.49. The Bertz CT molecular complexity index is 906. The van der Waals surface area contributed by atoms with Gasteiger partial charge < -0.3 is 14.7 Å². The van der Waals surface area contributed by atoms with Crippen LogP contribution in [0.5, 0.6) is 0 Å². The Hall–Kier alpha value is -2.33. The Morgan fingerprint density at radius 2 is 1.66 bits per heavy atom. The molecule has 0 bridgehead atoms. The Balaban J connectivity index is 1.26. The summed E-state index contributed by atoms with van der Waals surface area (Å²) in [6, 6.07) is 20.0. The van der Waals surface area contributed by atoms with Crippen LogP contribution >= 0.6 is 0 Å². The second-order valence-corrected chi connectivity index (χ2v) is 9.92. The maximum atomic E-state index is 13.6. The van der Waals surface area contributed by atoms with E-state index in [-0.39, 0.29) is 5.92 Å². The number of likely N-dealkylation sites (tertiary alicyclic amines) is 2. The first-order valence-electron chi connectivity index (χ1n) is 12.6. The number of likely N-dealkylation sites (N-methyl/N-ethyl adjacent to an activating group) is 1. The van der Waals surface area contributed by atoms with E-state index in [0.717, 1.165) is 52.0 Å². The third-order valence-electron chi connectivity index (χ3n) is 8.03. The number of anilines is 1. The van der Waals surface area contributed by atoms with E-state index < -0.39 is 0 Å². The number of amides is 1. The lowest BCUT2D eigenvalue weighted by Gasteiger charge is -2.39. The molecule has 2 aromatic carbocycles. The summed E-state index contributed by atoms with van der Waals surface area (Å²) in [5, 5.41) is 0. The van der Waals surface area contributed by atoms with Gasteiger partial charge in [0.25, 0.3) is 0 Å². The molecule has 2 aromatic rings. The number of carbonyl (C=O) groups is 1. The molecule has 0 N–H and O–H groups in total. The van der Waals surface area contributed by atoms with Crippen LogP contribution in [0, 0.1) is 0 Å². The average Bonchev–Trinajstić information content (AvgIpc) is 3.00. The first-order chi connectivity index (χ1) is 15.7. The molecule has 0 aliphatic carbocycles. The van der Waals surface area contributed by atoms with Gasteiger partial charge in [0.15, 0.2) is 0 Å². The molecule has 5 rings (SSSR count). The minimum absolute atomic E-state index is 0.0227. The van der Waals surface area contributed by atoms with Crippen LogP contribution in [-0.4, -0.2) is 61.5 Å². The molecule has 3 atom stereocenters. The molecule has 0 aromatic heterocycles. The van der Waals surface area contributed by atoms with E-state index in [1.165, 1.54) is 36.1 Å². The van der Waals surface area contributed by atoms with Crippen molar-refractivity contribution in [3.8, 4) is 0 Å². The van der Waals surface area contributed by atoms with Crippen molar-refractivity contribution >= 4 is 11.6 Å². The number of hydrogen-bond donors (Lipinski definition) is 0. The van der Waals surface area contributed by atoms with Crippen LogP contribution in [0.15, 0.2) is 54.6 Å². The first-order valence-corrected chi connectivity index (χ1v) is 12.6. The van der Waals surface area contributed by atoms with E-state index in [1.807, 2.05) is 0 Å². The van der Waals surface area contributed by atoms with Gasteiger partial charge in [-0.15, -0.1) is 0 Å². The molecule has 0 saturated carbocycles. The van der Waals surface area contributed by atoms with Crippen molar-refractivity contribution in [3.05, 3.63) is 65.7 Å². The fourth-order valence-electron chi connectivity index (χ4n) is 6.20. The Morgan fingerprint density at radius 1 is 0.938 bits per heavy atom. The summed E-state index contributed by atoms with van der Waals surface area (Å²) in [7, 11) is 2.25. The molecule has 1 amide bonds. The van der Waals surface area contributed by atoms with Crippen molar-refractivity contribution in [2.24, 2.45) is 0 Å². The van der Waals surface area contributed by atoms with Gasteiger partial charge in [0.05, 0.1) is 5.92 Å². The van der Waals surface area contributed by atoms with Gasteiger partial charge in [-0.3, -0.25) is 4.79 Å². The summed E-state index contributed by atoms with van der Waals surface area (Å²) < 4.78 is 0. The molecule has 3 aliphatic rings. The lowest BCUT2D eigenvalue weighted by atomic mass is 9.87. The van der Waals surface area contributed by atoms with Crippen LogP contribution in [0.1, 0.15) is 61.5 Å². The summed E-state index contributed by atoms with van der Waals surface area (Å²) in [6.45, 7) is 5.07. The smallest absolute Gasteiger partial charge is 0.230 e. The van der Waals surface area contributed by atoms with Gasteiger partial charge >= 0.3 is 0 Å². The number of hydrogen-bond acceptors (Lipinski definition) is 3. The van der Waals surface area contributed by atoms with Crippen LogP contribution in [-0.2, 0) is 4.79 Å². The normalized spacial score (nSPS) is 24.5. The highest BCUT2D eigenvalue weighted by atomic mass is 16.2. The molecule has 2 saturated heterocycles. The van der Waals surface area contributed by atoms with Crippen molar-refractivity contribution in [2.45, 2.75) is 56.4 Å². The maximum absolute atomic E-state index is 13.6. The molecule has 4 heteroatoms. The highest BCUT2D eigenvalue weighted by molar-refractivity contribution is 5.83. The summed E-state index contributed by atoms with van der Waals surface area (Å²) in [6.07, 6.45) is 6.93. The van der Waals surface area contributed by atoms with Gasteiger partial charge in [-0.2, -0.15) is 0 Å². The topological polar surface area (TPSA) is 26.8 Å². The van der Waals surface area contributed by atoms with Crippen molar-refractivity contribution in [1.82, 2.24) is 9.80 Å². The third-order valence-corrected chi connectivity index (χ3v) is 8.03. The number of benzene rings is 2. The van der Waals surface area contributed by atoms with Crippen molar-refractivity contribution < 1.29 is 4.79 Å². The zero-order valence-corrected chi connectivity index (χ0v) is 19.5. The van der Waals surface area contributed by atoms with Crippen molar-refractivity contribution in [2.75, 3.05) is 44.7 Å². The second-order valence-electron chi connectivity index (χ2n) is 9.92. The number of nitrogens with zero attached hydrogens (tertiary/aromatic N) is 3.